The lowest BCUT2D eigenvalue weighted by atomic mass is 9.95. The molecule has 0 aliphatic heterocycles. The van der Waals surface area contributed by atoms with Crippen LogP contribution in [0.5, 0.6) is 5.75 Å². The lowest BCUT2D eigenvalue weighted by molar-refractivity contribution is -0.120. The molecule has 0 spiro atoms. The van der Waals surface area contributed by atoms with E-state index in [9.17, 15) is 4.79 Å². The number of hydrogen-bond acceptors (Lipinski definition) is 4. The highest BCUT2D eigenvalue weighted by atomic mass is 127. The van der Waals surface area contributed by atoms with Gasteiger partial charge in [-0.2, -0.15) is 5.10 Å². The predicted molar refractivity (Wildman–Crippen MR) is 151 cm³/mol. The summed E-state index contributed by atoms with van der Waals surface area (Å²) in [4.78, 5) is 12.1. The summed E-state index contributed by atoms with van der Waals surface area (Å²) in [6.07, 6.45) is 7.79. The fraction of sp³-hybridized carbons (Fsp3) is 0.308. The molecule has 2 N–H and O–H groups in total. The minimum absolute atomic E-state index is 0.115. The van der Waals surface area contributed by atoms with E-state index in [1.807, 2.05) is 12.1 Å². The molecular weight excluding hydrogens is 640 g/mol. The van der Waals surface area contributed by atoms with Gasteiger partial charge in [-0.3, -0.25) is 4.79 Å². The van der Waals surface area contributed by atoms with E-state index in [-0.39, 0.29) is 5.91 Å². The Morgan fingerprint density at radius 3 is 2.55 bits per heavy atom. The molecule has 3 aromatic carbocycles. The fourth-order valence-electron chi connectivity index (χ4n) is 4.12. The molecule has 0 radical (unpaired) electrons. The van der Waals surface area contributed by atoms with Crippen molar-refractivity contribution in [1.82, 2.24) is 10.7 Å². The smallest absolute Gasteiger partial charge is 0.254 e. The molecule has 0 bridgehead atoms. The van der Waals surface area contributed by atoms with Crippen LogP contribution in [0.1, 0.15) is 43.2 Å². The van der Waals surface area contributed by atoms with Crippen molar-refractivity contribution in [2.45, 2.75) is 44.8 Å². The lowest BCUT2D eigenvalue weighted by Gasteiger charge is -2.22. The van der Waals surface area contributed by atoms with Crippen LogP contribution in [0.3, 0.4) is 0 Å². The first-order valence-electron chi connectivity index (χ1n) is 11.2. The van der Waals surface area contributed by atoms with Gasteiger partial charge in [-0.25, -0.2) is 5.43 Å². The highest BCUT2D eigenvalue weighted by Crippen LogP contribution is 2.30. The van der Waals surface area contributed by atoms with E-state index in [1.165, 1.54) is 30.0 Å². The Kier molecular flexibility index (Phi) is 8.96. The summed E-state index contributed by atoms with van der Waals surface area (Å²) >= 11 is 4.57. The van der Waals surface area contributed by atoms with Crippen molar-refractivity contribution in [1.29, 1.82) is 0 Å². The van der Waals surface area contributed by atoms with Gasteiger partial charge >= 0.3 is 0 Å². The maximum Gasteiger partial charge on any atom is 0.254 e. The number of fused-ring (bicyclic) bond motifs is 1. The standard InChI is InChI=1S/C26H27I2N3O2/c27-23-13-18(15-30-31-25(32)16-29-21-10-2-1-3-11-21)14-24(28)26(23)33-17-20-9-6-8-19-7-4-5-12-22(19)20/h4-9,12-15,21,29H,1-3,10-11,16-17H2,(H,31,32)/b30-15-. The number of rotatable bonds is 8. The minimum Gasteiger partial charge on any atom is -0.487 e. The van der Waals surface area contributed by atoms with Gasteiger partial charge in [-0.05, 0) is 92.1 Å². The minimum atomic E-state index is -0.115. The molecule has 0 aromatic heterocycles. The number of carbonyl (C=O) groups excluding carboxylic acids is 1. The Morgan fingerprint density at radius 2 is 1.76 bits per heavy atom. The maximum absolute atomic E-state index is 12.1. The molecule has 1 fully saturated rings. The van der Waals surface area contributed by atoms with Crippen LogP contribution in [-0.2, 0) is 11.4 Å². The van der Waals surface area contributed by atoms with Crippen LogP contribution in [0.4, 0.5) is 0 Å². The normalized spacial score (nSPS) is 14.6. The van der Waals surface area contributed by atoms with Crippen LogP contribution >= 0.6 is 45.2 Å². The second kappa shape index (κ2) is 12.1. The zero-order valence-corrected chi connectivity index (χ0v) is 22.6. The Morgan fingerprint density at radius 1 is 1.03 bits per heavy atom. The van der Waals surface area contributed by atoms with Crippen molar-refractivity contribution in [2.24, 2.45) is 5.10 Å². The Hall–Kier alpha value is -1.72. The highest BCUT2D eigenvalue weighted by molar-refractivity contribution is 14.1. The first-order chi connectivity index (χ1) is 16.1. The molecule has 4 rings (SSSR count). The summed E-state index contributed by atoms with van der Waals surface area (Å²) in [7, 11) is 0. The summed E-state index contributed by atoms with van der Waals surface area (Å²) in [6.45, 7) is 0.808. The number of halogens is 2. The molecule has 5 nitrogen and oxygen atoms in total. The predicted octanol–water partition coefficient (Wildman–Crippen LogP) is 6.00. The zero-order chi connectivity index (χ0) is 23.0. The van der Waals surface area contributed by atoms with E-state index >= 15 is 0 Å². The van der Waals surface area contributed by atoms with Gasteiger partial charge in [0.05, 0.1) is 19.9 Å². The van der Waals surface area contributed by atoms with Crippen LogP contribution in [0.25, 0.3) is 10.8 Å². The largest absolute Gasteiger partial charge is 0.487 e. The number of nitrogens with zero attached hydrogens (tertiary/aromatic N) is 1. The van der Waals surface area contributed by atoms with Gasteiger partial charge in [0.15, 0.2) is 0 Å². The van der Waals surface area contributed by atoms with Gasteiger partial charge < -0.3 is 10.1 Å². The number of benzene rings is 3. The average molecular weight is 667 g/mol. The number of carbonyl (C=O) groups is 1. The maximum atomic E-state index is 12.1. The third-order valence-corrected chi connectivity index (χ3v) is 7.43. The van der Waals surface area contributed by atoms with E-state index in [0.29, 0.717) is 19.2 Å². The van der Waals surface area contributed by atoms with Crippen molar-refractivity contribution < 1.29 is 9.53 Å². The van der Waals surface area contributed by atoms with Crippen LogP contribution < -0.4 is 15.5 Å². The molecule has 1 saturated carbocycles. The SMILES string of the molecule is O=C(CNC1CCCCC1)N/N=C\c1cc(I)c(OCc2cccc3ccccc23)c(I)c1. The Labute approximate surface area is 222 Å². The second-order valence-electron chi connectivity index (χ2n) is 8.25. The summed E-state index contributed by atoms with van der Waals surface area (Å²) in [5.74, 6) is 0.748. The molecule has 0 heterocycles. The summed E-state index contributed by atoms with van der Waals surface area (Å²) in [5, 5.41) is 9.89. The zero-order valence-electron chi connectivity index (χ0n) is 18.3. The van der Waals surface area contributed by atoms with Gasteiger partial charge in [-0.15, -0.1) is 0 Å². The number of nitrogens with one attached hydrogen (secondary N) is 2. The summed E-state index contributed by atoms with van der Waals surface area (Å²) in [6, 6.07) is 19.1. The molecule has 1 amide bonds. The first-order valence-corrected chi connectivity index (χ1v) is 13.4. The van der Waals surface area contributed by atoms with Crippen LogP contribution in [0.2, 0.25) is 0 Å². The van der Waals surface area contributed by atoms with E-state index in [2.05, 4.69) is 103 Å². The van der Waals surface area contributed by atoms with E-state index in [1.54, 1.807) is 6.21 Å². The first kappa shape index (κ1) is 24.4. The van der Waals surface area contributed by atoms with Gasteiger partial charge in [0.2, 0.25) is 0 Å². The molecule has 1 aliphatic rings. The number of ether oxygens (including phenoxy) is 1. The third-order valence-electron chi connectivity index (χ3n) is 5.83. The lowest BCUT2D eigenvalue weighted by Crippen LogP contribution is -2.38. The third kappa shape index (κ3) is 6.89. The molecule has 172 valence electrons. The van der Waals surface area contributed by atoms with Gasteiger partial charge in [0, 0.05) is 6.04 Å². The molecular formula is C26H27I2N3O2. The van der Waals surface area contributed by atoms with Crippen LogP contribution in [0.15, 0.2) is 59.7 Å². The van der Waals surface area contributed by atoms with Gasteiger partial charge in [0.1, 0.15) is 12.4 Å². The van der Waals surface area contributed by atoms with Gasteiger partial charge in [0.25, 0.3) is 5.91 Å². The van der Waals surface area contributed by atoms with Crippen molar-refractivity contribution in [3.8, 4) is 5.75 Å². The van der Waals surface area contributed by atoms with Crippen LogP contribution in [-0.4, -0.2) is 24.7 Å². The van der Waals surface area contributed by atoms with Crippen LogP contribution in [0, 0.1) is 7.14 Å². The summed E-state index contributed by atoms with van der Waals surface area (Å²) < 4.78 is 8.22. The Balaban J connectivity index is 1.33. The monoisotopic (exact) mass is 667 g/mol. The molecule has 7 heteroatoms. The quantitative estimate of drug-likeness (QED) is 0.176. The van der Waals surface area contributed by atoms with Crippen molar-refractivity contribution in [2.75, 3.05) is 6.54 Å². The topological polar surface area (TPSA) is 62.7 Å². The van der Waals surface area contributed by atoms with E-state index < -0.39 is 0 Å². The Bertz CT molecular complexity index is 1120. The summed E-state index contributed by atoms with van der Waals surface area (Å²) in [5.41, 5.74) is 4.70. The van der Waals surface area contributed by atoms with Crippen molar-refractivity contribution >= 4 is 68.1 Å². The second-order valence-corrected chi connectivity index (χ2v) is 10.6. The highest BCUT2D eigenvalue weighted by Gasteiger charge is 2.14. The molecule has 0 saturated heterocycles. The molecule has 33 heavy (non-hydrogen) atoms. The van der Waals surface area contributed by atoms with Crippen molar-refractivity contribution in [3.05, 3.63) is 72.9 Å². The van der Waals surface area contributed by atoms with E-state index in [4.69, 9.17) is 4.74 Å². The van der Waals surface area contributed by atoms with Gasteiger partial charge in [-0.1, -0.05) is 61.7 Å². The molecule has 3 aromatic rings. The molecule has 0 unspecified atom stereocenters. The fourth-order valence-corrected chi connectivity index (χ4v) is 6.25. The number of hydrazone groups is 1. The molecule has 0 atom stereocenters. The van der Waals surface area contributed by atoms with Crippen molar-refractivity contribution in [3.63, 3.8) is 0 Å². The number of hydrogen-bond donors (Lipinski definition) is 2. The van der Waals surface area contributed by atoms with E-state index in [0.717, 1.165) is 36.9 Å². The average Bonchev–Trinajstić information content (AvgIpc) is 2.83. The number of amides is 1. The molecule has 1 aliphatic carbocycles.